The molecule has 6 N–H and O–H groups in total. The van der Waals surface area contributed by atoms with Gasteiger partial charge >= 0.3 is 0 Å². The number of aromatic hydroxyl groups is 1. The van der Waals surface area contributed by atoms with Crippen LogP contribution in [-0.4, -0.2) is 105 Å². The van der Waals surface area contributed by atoms with Crippen molar-refractivity contribution >= 4 is 0 Å². The third-order valence-corrected chi connectivity index (χ3v) is 8.33. The Kier molecular flexibility index (Phi) is 4.77. The summed E-state index contributed by atoms with van der Waals surface area (Å²) >= 11 is 0. The number of aliphatic hydroxyl groups excluding tert-OH is 5. The van der Waals surface area contributed by atoms with Crippen molar-refractivity contribution in [2.45, 2.75) is 67.2 Å². The van der Waals surface area contributed by atoms with Crippen LogP contribution < -0.4 is 9.47 Å². The summed E-state index contributed by atoms with van der Waals surface area (Å²) in [5, 5.41) is 61.3. The first-order valence-corrected chi connectivity index (χ1v) is 11.4. The number of nitrogens with zero attached hydrogens (tertiary/aromatic N) is 1. The monoisotopic (exact) mass is 463 g/mol. The minimum atomic E-state index is -1.65. The van der Waals surface area contributed by atoms with Gasteiger partial charge in [-0.25, -0.2) is 0 Å². The number of likely N-dealkylation sites (tertiary alicyclic amines) is 1. The van der Waals surface area contributed by atoms with E-state index in [0.29, 0.717) is 17.9 Å². The van der Waals surface area contributed by atoms with E-state index in [1.165, 1.54) is 6.07 Å². The van der Waals surface area contributed by atoms with Gasteiger partial charge < -0.3 is 49.7 Å². The van der Waals surface area contributed by atoms with Crippen LogP contribution in [0.1, 0.15) is 17.5 Å². The Morgan fingerprint density at radius 3 is 2.70 bits per heavy atom. The van der Waals surface area contributed by atoms with Gasteiger partial charge in [0.25, 0.3) is 0 Å². The Labute approximate surface area is 190 Å². The number of phenolic OH excluding ortho intramolecular Hbond substituents is 1. The van der Waals surface area contributed by atoms with E-state index < -0.39 is 48.3 Å². The molecule has 0 saturated carbocycles. The molecule has 5 aliphatic rings. The molecule has 2 fully saturated rings. The van der Waals surface area contributed by atoms with Gasteiger partial charge in [0.2, 0.25) is 0 Å². The van der Waals surface area contributed by atoms with Crippen LogP contribution in [0.2, 0.25) is 0 Å². The lowest BCUT2D eigenvalue weighted by molar-refractivity contribution is -0.285. The van der Waals surface area contributed by atoms with E-state index in [4.69, 9.17) is 14.2 Å². The predicted molar refractivity (Wildman–Crippen MR) is 112 cm³/mol. The zero-order valence-electron chi connectivity index (χ0n) is 18.1. The van der Waals surface area contributed by atoms with Crippen LogP contribution in [0.5, 0.6) is 17.2 Å². The lowest BCUT2D eigenvalue weighted by atomic mass is 9.53. The molecular weight excluding hydrogens is 434 g/mol. The lowest BCUT2D eigenvalue weighted by Gasteiger charge is -2.56. The third-order valence-electron chi connectivity index (χ3n) is 8.33. The van der Waals surface area contributed by atoms with Crippen LogP contribution in [0.15, 0.2) is 18.2 Å². The second-order valence-electron chi connectivity index (χ2n) is 9.91. The summed E-state index contributed by atoms with van der Waals surface area (Å²) in [7, 11) is 2.08. The Balaban J connectivity index is 1.38. The van der Waals surface area contributed by atoms with Gasteiger partial charge in [0, 0.05) is 34.6 Å². The number of ether oxygens (including phenoxy) is 3. The highest BCUT2D eigenvalue weighted by Gasteiger charge is 2.64. The molecule has 3 heterocycles. The highest BCUT2D eigenvalue weighted by atomic mass is 16.6. The van der Waals surface area contributed by atoms with Crippen LogP contribution >= 0.6 is 0 Å². The lowest BCUT2D eigenvalue weighted by Crippen LogP contribution is -2.64. The third kappa shape index (κ3) is 2.80. The molecular formula is C23H29NO9. The first-order valence-electron chi connectivity index (χ1n) is 11.4. The van der Waals surface area contributed by atoms with E-state index in [-0.39, 0.29) is 24.3 Å². The van der Waals surface area contributed by atoms with Crippen molar-refractivity contribution in [3.63, 3.8) is 0 Å². The molecule has 6 rings (SSSR count). The zero-order valence-corrected chi connectivity index (χ0v) is 18.1. The molecule has 0 radical (unpaired) electrons. The molecule has 0 amide bonds. The van der Waals surface area contributed by atoms with Gasteiger partial charge in [-0.05, 0) is 26.4 Å². The summed E-state index contributed by atoms with van der Waals surface area (Å²) in [6.45, 7) is 0.628. The van der Waals surface area contributed by atoms with Crippen LogP contribution in [0.3, 0.4) is 0 Å². The number of hydrogen-bond acceptors (Lipinski definition) is 10. The van der Waals surface area contributed by atoms with Crippen molar-refractivity contribution in [2.24, 2.45) is 5.92 Å². The average molecular weight is 463 g/mol. The molecule has 0 aromatic heterocycles. The van der Waals surface area contributed by atoms with Gasteiger partial charge in [0.1, 0.15) is 49.0 Å². The van der Waals surface area contributed by atoms with E-state index in [0.717, 1.165) is 24.1 Å². The first-order chi connectivity index (χ1) is 15.7. The van der Waals surface area contributed by atoms with E-state index in [2.05, 4.69) is 18.0 Å². The highest BCUT2D eigenvalue weighted by molar-refractivity contribution is 5.66. The normalized spacial score (nSPS) is 45.5. The standard InChI is InChI=1S/C23H29NO9/c1-24-5-4-23-10-2-3-12(25)21(23)33-20-13(26)7-14(9(16(20)23)6-11(10)24)31-8-15-17(27)18(28)19(29)22(30)32-15/h2-3,7,10-12,15,17-19,21-22,25-30H,4-6,8H2,1H3/t10-,11+,12-,15+,17-,18-,19+,21-,22-,23-/m0/s1. The van der Waals surface area contributed by atoms with Crippen molar-refractivity contribution in [1.82, 2.24) is 4.90 Å². The fourth-order valence-electron chi connectivity index (χ4n) is 6.66. The van der Waals surface area contributed by atoms with Crippen molar-refractivity contribution in [1.29, 1.82) is 0 Å². The van der Waals surface area contributed by atoms with Crippen molar-refractivity contribution < 1.29 is 44.8 Å². The van der Waals surface area contributed by atoms with Gasteiger partial charge in [-0.15, -0.1) is 0 Å². The Morgan fingerprint density at radius 2 is 1.91 bits per heavy atom. The number of aliphatic hydroxyl groups is 5. The SMILES string of the molecule is CN1CC[C@]23c4c5c(OC[C@H]6O[C@H](O)[C@H](O)[C@@H](O)[C@H]6O)cc(O)c4O[C@H]2[C@@H](O)C=C[C@H]3[C@H]1C5. The van der Waals surface area contributed by atoms with E-state index in [9.17, 15) is 30.6 Å². The number of benzene rings is 1. The Hall–Kier alpha value is -1.92. The highest BCUT2D eigenvalue weighted by Crippen LogP contribution is 2.63. The van der Waals surface area contributed by atoms with Gasteiger partial charge in [0.15, 0.2) is 17.8 Å². The molecule has 33 heavy (non-hydrogen) atoms. The van der Waals surface area contributed by atoms with E-state index in [1.807, 2.05) is 0 Å². The number of phenols is 1. The minimum Gasteiger partial charge on any atom is -0.504 e. The quantitative estimate of drug-likeness (QED) is 0.288. The summed E-state index contributed by atoms with van der Waals surface area (Å²) < 4.78 is 17.4. The minimum absolute atomic E-state index is 0.0866. The molecule has 2 saturated heterocycles. The predicted octanol–water partition coefficient (Wildman–Crippen LogP) is -1.62. The smallest absolute Gasteiger partial charge is 0.184 e. The molecule has 10 nitrogen and oxygen atoms in total. The van der Waals surface area contributed by atoms with Crippen LogP contribution in [-0.2, 0) is 16.6 Å². The molecule has 2 aliphatic carbocycles. The van der Waals surface area contributed by atoms with Gasteiger partial charge in [-0.2, -0.15) is 0 Å². The number of rotatable bonds is 3. The maximum absolute atomic E-state index is 10.8. The summed E-state index contributed by atoms with van der Waals surface area (Å²) in [6, 6.07) is 1.63. The summed E-state index contributed by atoms with van der Waals surface area (Å²) in [5.41, 5.74) is 1.29. The molecule has 1 aromatic carbocycles. The Bertz CT molecular complexity index is 1000. The van der Waals surface area contributed by atoms with Gasteiger partial charge in [0.05, 0.1) is 0 Å². The average Bonchev–Trinajstić information content (AvgIpc) is 3.15. The van der Waals surface area contributed by atoms with Crippen LogP contribution in [0, 0.1) is 5.92 Å². The number of piperidine rings is 1. The first kappa shape index (κ1) is 21.6. The largest absolute Gasteiger partial charge is 0.504 e. The maximum Gasteiger partial charge on any atom is 0.184 e. The summed E-state index contributed by atoms with van der Waals surface area (Å²) in [6.07, 6.45) is -3.38. The van der Waals surface area contributed by atoms with Crippen molar-refractivity contribution in [3.8, 4) is 17.2 Å². The molecule has 1 aromatic rings. The second kappa shape index (κ2) is 7.29. The molecule has 3 aliphatic heterocycles. The second-order valence-corrected chi connectivity index (χ2v) is 9.91. The van der Waals surface area contributed by atoms with Crippen LogP contribution in [0.25, 0.3) is 0 Å². The summed E-state index contributed by atoms with van der Waals surface area (Å²) in [4.78, 5) is 2.30. The summed E-state index contributed by atoms with van der Waals surface area (Å²) in [5.74, 6) is 0.837. The molecule has 10 heteroatoms. The fourth-order valence-corrected chi connectivity index (χ4v) is 6.66. The van der Waals surface area contributed by atoms with Crippen LogP contribution in [0.4, 0.5) is 0 Å². The van der Waals surface area contributed by atoms with Gasteiger partial charge in [-0.1, -0.05) is 12.2 Å². The number of hydrogen-bond donors (Lipinski definition) is 6. The van der Waals surface area contributed by atoms with E-state index >= 15 is 0 Å². The van der Waals surface area contributed by atoms with Crippen molar-refractivity contribution in [2.75, 3.05) is 20.2 Å². The molecule has 2 bridgehead atoms. The fraction of sp³-hybridized carbons (Fsp3) is 0.652. The molecule has 10 atom stereocenters. The zero-order chi connectivity index (χ0) is 23.2. The van der Waals surface area contributed by atoms with E-state index in [1.54, 1.807) is 6.08 Å². The molecule has 1 spiro atoms. The number of likely N-dealkylation sites (N-methyl/N-ethyl adjacent to an activating group) is 1. The Morgan fingerprint density at radius 1 is 1.12 bits per heavy atom. The molecule has 0 unspecified atom stereocenters. The van der Waals surface area contributed by atoms with Crippen molar-refractivity contribution in [3.05, 3.63) is 29.3 Å². The maximum atomic E-state index is 10.8. The van der Waals surface area contributed by atoms with Gasteiger partial charge in [-0.3, -0.25) is 0 Å². The topological polar surface area (TPSA) is 152 Å². The molecule has 180 valence electrons.